The van der Waals surface area contributed by atoms with Gasteiger partial charge in [0, 0.05) is 24.4 Å². The quantitative estimate of drug-likeness (QED) is 0.535. The molecule has 0 radical (unpaired) electrons. The van der Waals surface area contributed by atoms with Crippen LogP contribution in [0.15, 0.2) is 18.5 Å². The summed E-state index contributed by atoms with van der Waals surface area (Å²) in [5.74, 6) is -5.03. The number of amides is 2. The molecule has 0 spiro atoms. The van der Waals surface area contributed by atoms with Crippen molar-refractivity contribution >= 4 is 23.3 Å². The van der Waals surface area contributed by atoms with Crippen molar-refractivity contribution in [2.24, 2.45) is 0 Å². The number of aromatic nitrogens is 4. The molecule has 0 fully saturated rings. The monoisotopic (exact) mass is 448 g/mol. The van der Waals surface area contributed by atoms with Gasteiger partial charge in [0.15, 0.2) is 17.5 Å². The molecule has 3 rings (SSSR count). The normalized spacial score (nSPS) is 11.1. The largest absolute Gasteiger partial charge is 0.333 e. The van der Waals surface area contributed by atoms with Crippen molar-refractivity contribution in [3.8, 4) is 0 Å². The molecule has 0 unspecified atom stereocenters. The lowest BCUT2D eigenvalue weighted by Crippen LogP contribution is -2.38. The van der Waals surface area contributed by atoms with Gasteiger partial charge in [-0.1, -0.05) is 6.92 Å². The van der Waals surface area contributed by atoms with E-state index in [0.29, 0.717) is 31.2 Å². The Labute approximate surface area is 182 Å². The molecular weight excluding hydrogens is 425 g/mol. The van der Waals surface area contributed by atoms with E-state index in [-0.39, 0.29) is 18.9 Å². The Kier molecular flexibility index (Phi) is 7.06. The minimum Gasteiger partial charge on any atom is -0.333 e. The van der Waals surface area contributed by atoms with Gasteiger partial charge in [-0.25, -0.2) is 22.7 Å². The molecule has 0 saturated heterocycles. The highest BCUT2D eigenvalue weighted by Crippen LogP contribution is 2.20. The van der Waals surface area contributed by atoms with Gasteiger partial charge in [0.1, 0.15) is 6.33 Å². The van der Waals surface area contributed by atoms with Crippen LogP contribution in [0, 0.1) is 31.3 Å². The van der Waals surface area contributed by atoms with Gasteiger partial charge in [0.05, 0.1) is 12.2 Å². The van der Waals surface area contributed by atoms with E-state index >= 15 is 0 Å². The predicted octanol–water partition coefficient (Wildman–Crippen LogP) is 2.97. The lowest BCUT2D eigenvalue weighted by molar-refractivity contribution is -0.134. The van der Waals surface area contributed by atoms with Crippen LogP contribution in [0.25, 0.3) is 5.78 Å². The SMILES string of the molecule is CCCN(CC(=O)Nc1ccc(F)c(F)c1F)C(=O)CCc1c(C)nc2ncnn2c1C. The highest BCUT2D eigenvalue weighted by molar-refractivity contribution is 5.94. The number of carbonyl (C=O) groups is 2. The number of nitrogens with one attached hydrogen (secondary N) is 1. The summed E-state index contributed by atoms with van der Waals surface area (Å²) in [6, 6.07) is 1.64. The van der Waals surface area contributed by atoms with E-state index in [1.165, 1.54) is 11.2 Å². The Morgan fingerprint density at radius 1 is 1.16 bits per heavy atom. The summed E-state index contributed by atoms with van der Waals surface area (Å²) in [5, 5.41) is 6.31. The van der Waals surface area contributed by atoms with Crippen LogP contribution in [0.2, 0.25) is 0 Å². The van der Waals surface area contributed by atoms with Gasteiger partial charge in [-0.2, -0.15) is 10.1 Å². The standard InChI is InChI=1S/C21H23F3N6O2/c1-4-9-29(10-17(31)28-16-7-6-15(22)19(23)20(16)24)18(32)8-5-14-12(2)27-21-25-11-26-30(21)13(14)3/h6-7,11H,4-5,8-10H2,1-3H3,(H,28,31). The molecule has 1 aromatic carbocycles. The molecule has 3 aromatic rings. The Morgan fingerprint density at radius 3 is 2.62 bits per heavy atom. The third-order valence-corrected chi connectivity index (χ3v) is 5.07. The zero-order chi connectivity index (χ0) is 23.4. The van der Waals surface area contributed by atoms with Gasteiger partial charge in [-0.15, -0.1) is 0 Å². The average Bonchev–Trinajstić information content (AvgIpc) is 3.22. The summed E-state index contributed by atoms with van der Waals surface area (Å²) in [6.45, 7) is 5.51. The Morgan fingerprint density at radius 2 is 1.91 bits per heavy atom. The fourth-order valence-electron chi connectivity index (χ4n) is 3.45. The molecule has 0 saturated carbocycles. The van der Waals surface area contributed by atoms with Gasteiger partial charge in [-0.05, 0) is 44.4 Å². The first kappa shape index (κ1) is 23.2. The molecule has 2 amide bonds. The van der Waals surface area contributed by atoms with Crippen molar-refractivity contribution < 1.29 is 22.8 Å². The fourth-order valence-corrected chi connectivity index (χ4v) is 3.45. The first-order chi connectivity index (χ1) is 15.2. The second-order valence-corrected chi connectivity index (χ2v) is 7.32. The first-order valence-corrected chi connectivity index (χ1v) is 10.1. The van der Waals surface area contributed by atoms with E-state index in [9.17, 15) is 22.8 Å². The number of benzene rings is 1. The molecule has 8 nitrogen and oxygen atoms in total. The van der Waals surface area contributed by atoms with Gasteiger partial charge >= 0.3 is 0 Å². The van der Waals surface area contributed by atoms with E-state index in [4.69, 9.17) is 0 Å². The van der Waals surface area contributed by atoms with Crippen LogP contribution in [-0.2, 0) is 16.0 Å². The second kappa shape index (κ2) is 9.75. The van der Waals surface area contributed by atoms with Gasteiger partial charge < -0.3 is 10.2 Å². The molecule has 0 aliphatic rings. The summed E-state index contributed by atoms with van der Waals surface area (Å²) in [5.41, 5.74) is 1.94. The predicted molar refractivity (Wildman–Crippen MR) is 110 cm³/mol. The van der Waals surface area contributed by atoms with Crippen molar-refractivity contribution in [2.75, 3.05) is 18.4 Å². The molecule has 170 valence electrons. The van der Waals surface area contributed by atoms with E-state index in [2.05, 4.69) is 20.4 Å². The molecule has 32 heavy (non-hydrogen) atoms. The molecule has 0 aliphatic heterocycles. The summed E-state index contributed by atoms with van der Waals surface area (Å²) in [6.07, 6.45) is 2.51. The summed E-state index contributed by atoms with van der Waals surface area (Å²) in [7, 11) is 0. The topological polar surface area (TPSA) is 92.5 Å². The molecule has 11 heteroatoms. The molecule has 2 heterocycles. The van der Waals surface area contributed by atoms with E-state index in [1.807, 2.05) is 20.8 Å². The van der Waals surface area contributed by atoms with Crippen LogP contribution in [0.4, 0.5) is 18.9 Å². The molecule has 0 atom stereocenters. The highest BCUT2D eigenvalue weighted by Gasteiger charge is 2.20. The van der Waals surface area contributed by atoms with Gasteiger partial charge in [0.25, 0.3) is 5.78 Å². The van der Waals surface area contributed by atoms with Crippen LogP contribution in [0.1, 0.15) is 36.7 Å². The van der Waals surface area contributed by atoms with Crippen LogP contribution >= 0.6 is 0 Å². The zero-order valence-corrected chi connectivity index (χ0v) is 18.0. The number of aryl methyl sites for hydroxylation is 2. The Bertz CT molecular complexity index is 1160. The van der Waals surface area contributed by atoms with E-state index < -0.39 is 29.0 Å². The number of hydrogen-bond acceptors (Lipinski definition) is 5. The Hall–Kier alpha value is -3.50. The number of carbonyl (C=O) groups excluding carboxylic acids is 2. The third-order valence-electron chi connectivity index (χ3n) is 5.07. The maximum absolute atomic E-state index is 13.8. The third kappa shape index (κ3) is 4.87. The number of nitrogens with zero attached hydrogens (tertiary/aromatic N) is 5. The average molecular weight is 448 g/mol. The van der Waals surface area contributed by atoms with Crippen LogP contribution in [0.5, 0.6) is 0 Å². The van der Waals surface area contributed by atoms with Crippen molar-refractivity contribution in [1.29, 1.82) is 0 Å². The van der Waals surface area contributed by atoms with Crippen LogP contribution < -0.4 is 5.32 Å². The maximum atomic E-state index is 13.8. The van der Waals surface area contributed by atoms with E-state index in [0.717, 1.165) is 23.0 Å². The number of anilines is 1. The lowest BCUT2D eigenvalue weighted by Gasteiger charge is -2.22. The van der Waals surface area contributed by atoms with Crippen molar-refractivity contribution in [3.63, 3.8) is 0 Å². The van der Waals surface area contributed by atoms with Crippen molar-refractivity contribution in [2.45, 2.75) is 40.0 Å². The number of rotatable bonds is 8. The smallest absolute Gasteiger partial charge is 0.252 e. The van der Waals surface area contributed by atoms with Gasteiger partial charge in [0.2, 0.25) is 11.8 Å². The van der Waals surface area contributed by atoms with Crippen molar-refractivity contribution in [1.82, 2.24) is 24.5 Å². The minimum absolute atomic E-state index is 0.121. The number of hydrogen-bond donors (Lipinski definition) is 1. The molecule has 1 N–H and O–H groups in total. The summed E-state index contributed by atoms with van der Waals surface area (Å²) in [4.78, 5) is 34.9. The Balaban J connectivity index is 1.67. The van der Waals surface area contributed by atoms with Gasteiger partial charge in [-0.3, -0.25) is 9.59 Å². The van der Waals surface area contributed by atoms with E-state index in [1.54, 1.807) is 4.52 Å². The highest BCUT2D eigenvalue weighted by atomic mass is 19.2. The summed E-state index contributed by atoms with van der Waals surface area (Å²) < 4.78 is 41.9. The molecule has 0 aliphatic carbocycles. The molecular formula is C21H23F3N6O2. The molecule has 0 bridgehead atoms. The summed E-state index contributed by atoms with van der Waals surface area (Å²) >= 11 is 0. The lowest BCUT2D eigenvalue weighted by atomic mass is 10.1. The minimum atomic E-state index is -1.67. The molecule has 2 aromatic heterocycles. The van der Waals surface area contributed by atoms with Crippen molar-refractivity contribution in [3.05, 3.63) is 52.9 Å². The fraction of sp³-hybridized carbons (Fsp3) is 0.381. The zero-order valence-electron chi connectivity index (χ0n) is 18.0. The van der Waals surface area contributed by atoms with Crippen LogP contribution in [0.3, 0.4) is 0 Å². The maximum Gasteiger partial charge on any atom is 0.252 e. The van der Waals surface area contributed by atoms with Crippen LogP contribution in [-0.4, -0.2) is 49.4 Å². The first-order valence-electron chi connectivity index (χ1n) is 10.1. The number of halogens is 3. The second-order valence-electron chi connectivity index (χ2n) is 7.32. The number of fused-ring (bicyclic) bond motifs is 1.